The van der Waals surface area contributed by atoms with E-state index in [4.69, 9.17) is 28.3 Å². The molecule has 0 amide bonds. The Balaban J connectivity index is 0. The number of carboxylic acids is 1. The molecule has 1 radical (unpaired) electrons. The molecule has 1 heterocycles. The van der Waals surface area contributed by atoms with Gasteiger partial charge in [0.25, 0.3) is 0 Å². The van der Waals surface area contributed by atoms with Gasteiger partial charge in [-0.25, -0.2) is 14.8 Å². The summed E-state index contributed by atoms with van der Waals surface area (Å²) in [4.78, 5) is 17.3. The van der Waals surface area contributed by atoms with Crippen molar-refractivity contribution in [3.63, 3.8) is 0 Å². The van der Waals surface area contributed by atoms with Crippen molar-refractivity contribution in [2.75, 3.05) is 0 Å². The molecule has 0 saturated carbocycles. The first-order chi connectivity index (χ1) is 5.13. The number of nitrogens with zero attached hydrogens (tertiary/aromatic N) is 2. The predicted molar refractivity (Wildman–Crippen MR) is 46.9 cm³/mol. The second-order valence-electron chi connectivity index (χ2n) is 1.64. The summed E-state index contributed by atoms with van der Waals surface area (Å²) in [6, 6.07) is 0. The number of hydrogen-bond donors (Lipinski definition) is 1. The molecule has 1 rings (SSSR count). The summed E-state index contributed by atoms with van der Waals surface area (Å²) in [6.07, 6.45) is 1.09. The van der Waals surface area contributed by atoms with Crippen LogP contribution in [-0.4, -0.2) is 50.6 Å². The fourth-order valence-electron chi connectivity index (χ4n) is 0.521. The largest absolute Gasteiger partial charge is 0.477 e. The molecule has 1 N–H and O–H groups in total. The Morgan fingerprint density at radius 2 is 1.83 bits per heavy atom. The number of hydrogen-bond acceptors (Lipinski definition) is 3. The van der Waals surface area contributed by atoms with Crippen LogP contribution in [0.1, 0.15) is 11.8 Å². The number of aromatic nitrogens is 2. The van der Waals surface area contributed by atoms with Crippen LogP contribution in [0.5, 0.6) is 0 Å². The molecule has 12 heavy (non-hydrogen) atoms. The first-order valence-corrected chi connectivity index (χ1v) is 3.28. The Kier molecular flexibility index (Phi) is 5.04. The van der Waals surface area contributed by atoms with Gasteiger partial charge in [0.2, 0.25) is 0 Å². The molecule has 0 saturated heterocycles. The summed E-state index contributed by atoms with van der Waals surface area (Å²) in [5.41, 5.74) is -0.268. The van der Waals surface area contributed by atoms with Gasteiger partial charge in [-0.3, -0.25) is 0 Å². The van der Waals surface area contributed by atoms with Gasteiger partial charge in [0, 0.05) is 31.0 Å². The zero-order valence-corrected chi connectivity index (χ0v) is 9.60. The minimum Gasteiger partial charge on any atom is -0.477 e. The topological polar surface area (TPSA) is 63.1 Å². The van der Waals surface area contributed by atoms with E-state index in [1.165, 1.54) is 0 Å². The fourth-order valence-corrected chi connectivity index (χ4v) is 0.997. The van der Waals surface area contributed by atoms with Crippen LogP contribution in [0.15, 0.2) is 6.33 Å². The van der Waals surface area contributed by atoms with Gasteiger partial charge in [0.05, 0.1) is 0 Å². The molecule has 61 valence electrons. The Hall–Kier alpha value is 0.130. The van der Waals surface area contributed by atoms with E-state index in [1.807, 2.05) is 0 Å². The maximum Gasteiger partial charge on any atom is 0.342 e. The van der Waals surface area contributed by atoms with E-state index < -0.39 is 5.97 Å². The standard InChI is InChI=1S/C5H2Cl2N2O2.Na.H2/c6-3-2(5(10)11)4(7)9-1-8-3;;/h1H,(H,10,11);;1H. The van der Waals surface area contributed by atoms with E-state index in [9.17, 15) is 4.79 Å². The van der Waals surface area contributed by atoms with Gasteiger partial charge >= 0.3 is 5.97 Å². The number of carboxylic acid groups (broad SMARTS) is 1. The van der Waals surface area contributed by atoms with E-state index in [1.54, 1.807) is 0 Å². The SMILES string of the molecule is O=C(O)c1c(Cl)ncnc1Cl.[HH].[Na]. The van der Waals surface area contributed by atoms with Gasteiger partial charge in [-0.2, -0.15) is 0 Å². The molecule has 0 bridgehead atoms. The summed E-state index contributed by atoms with van der Waals surface area (Å²) >= 11 is 10.8. The smallest absolute Gasteiger partial charge is 0.342 e. The zero-order chi connectivity index (χ0) is 8.43. The minimum atomic E-state index is -1.24. The molecule has 0 aliphatic rings. The van der Waals surface area contributed by atoms with Crippen LogP contribution in [0.25, 0.3) is 0 Å². The maximum absolute atomic E-state index is 10.4. The number of carbonyl (C=O) groups is 1. The van der Waals surface area contributed by atoms with E-state index in [0.717, 1.165) is 6.33 Å². The average Bonchev–Trinajstić information content (AvgIpc) is 1.85. The number of rotatable bonds is 1. The Morgan fingerprint density at radius 3 is 2.08 bits per heavy atom. The third kappa shape index (κ3) is 2.57. The van der Waals surface area contributed by atoms with Gasteiger partial charge in [0.15, 0.2) is 0 Å². The summed E-state index contributed by atoms with van der Waals surface area (Å²) in [6.45, 7) is 0. The first-order valence-electron chi connectivity index (χ1n) is 2.52. The normalized spacial score (nSPS) is 8.83. The molecule has 1 aromatic rings. The van der Waals surface area contributed by atoms with Crippen LogP contribution in [0.4, 0.5) is 0 Å². The molecule has 0 aromatic carbocycles. The van der Waals surface area contributed by atoms with Crippen LogP contribution in [-0.2, 0) is 0 Å². The van der Waals surface area contributed by atoms with Crippen molar-refractivity contribution in [3.8, 4) is 0 Å². The van der Waals surface area contributed by atoms with Crippen molar-refractivity contribution in [1.29, 1.82) is 0 Å². The molecule has 0 aliphatic carbocycles. The van der Waals surface area contributed by atoms with Gasteiger partial charge < -0.3 is 5.11 Å². The second kappa shape index (κ2) is 4.99. The molecule has 1 aromatic heterocycles. The Bertz CT molecular complexity index is 292. The third-order valence-corrected chi connectivity index (χ3v) is 1.54. The van der Waals surface area contributed by atoms with E-state index >= 15 is 0 Å². The molecule has 7 heteroatoms. The Morgan fingerprint density at radius 1 is 1.42 bits per heavy atom. The second-order valence-corrected chi connectivity index (χ2v) is 2.35. The Labute approximate surface area is 102 Å². The van der Waals surface area contributed by atoms with Gasteiger partial charge in [-0.05, 0) is 0 Å². The molecule has 0 aliphatic heterocycles. The third-order valence-electron chi connectivity index (χ3n) is 0.969. The molecule has 0 atom stereocenters. The molecule has 0 fully saturated rings. The van der Waals surface area contributed by atoms with Crippen molar-refractivity contribution in [1.82, 2.24) is 9.97 Å². The predicted octanol–water partition coefficient (Wildman–Crippen LogP) is 1.35. The van der Waals surface area contributed by atoms with Crippen molar-refractivity contribution in [3.05, 3.63) is 22.2 Å². The van der Waals surface area contributed by atoms with Gasteiger partial charge in [-0.1, -0.05) is 23.2 Å². The fraction of sp³-hybridized carbons (Fsp3) is 0. The molecule has 0 spiro atoms. The van der Waals surface area contributed by atoms with E-state index in [0.29, 0.717) is 0 Å². The average molecular weight is 218 g/mol. The summed E-state index contributed by atoms with van der Waals surface area (Å²) < 4.78 is 0. The number of aromatic carboxylic acids is 1. The van der Waals surface area contributed by atoms with Crippen molar-refractivity contribution in [2.45, 2.75) is 0 Å². The van der Waals surface area contributed by atoms with E-state index in [2.05, 4.69) is 9.97 Å². The van der Waals surface area contributed by atoms with Crippen LogP contribution in [0.3, 0.4) is 0 Å². The quantitative estimate of drug-likeness (QED) is 0.570. The van der Waals surface area contributed by atoms with Crippen molar-refractivity contribution in [2.24, 2.45) is 0 Å². The van der Waals surface area contributed by atoms with Gasteiger partial charge in [0.1, 0.15) is 22.2 Å². The molecule has 4 nitrogen and oxygen atoms in total. The molecular weight excluding hydrogens is 214 g/mol. The summed E-state index contributed by atoms with van der Waals surface area (Å²) in [7, 11) is 0. The van der Waals surface area contributed by atoms with E-state index in [-0.39, 0.29) is 46.9 Å². The van der Waals surface area contributed by atoms with Crippen molar-refractivity contribution < 1.29 is 11.3 Å². The number of halogens is 2. The first kappa shape index (κ1) is 12.1. The van der Waals surface area contributed by atoms with Crippen LogP contribution < -0.4 is 0 Å². The van der Waals surface area contributed by atoms with Crippen LogP contribution in [0.2, 0.25) is 10.3 Å². The monoisotopic (exact) mass is 217 g/mol. The van der Waals surface area contributed by atoms with Crippen LogP contribution >= 0.6 is 23.2 Å². The molecular formula is C5H4Cl2N2NaO2. The van der Waals surface area contributed by atoms with Crippen LogP contribution in [0, 0.1) is 0 Å². The maximum atomic E-state index is 10.4. The zero-order valence-electron chi connectivity index (χ0n) is 6.08. The van der Waals surface area contributed by atoms with Crippen molar-refractivity contribution >= 4 is 58.7 Å². The summed E-state index contributed by atoms with van der Waals surface area (Å²) in [5.74, 6) is -1.24. The minimum absolute atomic E-state index is 0. The van der Waals surface area contributed by atoms with Gasteiger partial charge in [-0.15, -0.1) is 0 Å². The summed E-state index contributed by atoms with van der Waals surface area (Å²) in [5, 5.41) is 8.19. The molecule has 0 unspecified atom stereocenters.